The van der Waals surface area contributed by atoms with Gasteiger partial charge in [0.25, 0.3) is 0 Å². The molecule has 0 saturated carbocycles. The van der Waals surface area contributed by atoms with E-state index in [-0.39, 0.29) is 5.82 Å². The molecule has 112 valence electrons. The quantitative estimate of drug-likeness (QED) is 0.860. The highest BCUT2D eigenvalue weighted by molar-refractivity contribution is 5.46. The summed E-state index contributed by atoms with van der Waals surface area (Å²) in [6.45, 7) is 6.85. The van der Waals surface area contributed by atoms with Gasteiger partial charge in [0.2, 0.25) is 0 Å². The third-order valence-corrected chi connectivity index (χ3v) is 3.86. The molecule has 1 aromatic heterocycles. The second-order valence-corrected chi connectivity index (χ2v) is 5.71. The SMILES string of the molecule is CCNCc1cc(F)cnc1N(C)CC1CCN(C)C1. The third-order valence-electron chi connectivity index (χ3n) is 3.86. The van der Waals surface area contributed by atoms with Gasteiger partial charge in [0.1, 0.15) is 11.6 Å². The number of pyridine rings is 1. The van der Waals surface area contributed by atoms with Crippen LogP contribution in [0, 0.1) is 11.7 Å². The van der Waals surface area contributed by atoms with Crippen LogP contribution in [0.5, 0.6) is 0 Å². The monoisotopic (exact) mass is 280 g/mol. The first-order valence-corrected chi connectivity index (χ1v) is 7.35. The van der Waals surface area contributed by atoms with Gasteiger partial charge in [0, 0.05) is 32.2 Å². The van der Waals surface area contributed by atoms with Crippen molar-refractivity contribution in [3.63, 3.8) is 0 Å². The molecule has 0 radical (unpaired) electrons. The molecule has 2 rings (SSSR count). The molecule has 0 spiro atoms. The van der Waals surface area contributed by atoms with Gasteiger partial charge in [-0.1, -0.05) is 6.92 Å². The zero-order valence-electron chi connectivity index (χ0n) is 12.7. The highest BCUT2D eigenvalue weighted by Gasteiger charge is 2.22. The number of halogens is 1. The lowest BCUT2D eigenvalue weighted by atomic mass is 10.1. The lowest BCUT2D eigenvalue weighted by molar-refractivity contribution is 0.395. The fraction of sp³-hybridized carbons (Fsp3) is 0.667. The van der Waals surface area contributed by atoms with Gasteiger partial charge in [-0.25, -0.2) is 9.37 Å². The van der Waals surface area contributed by atoms with Gasteiger partial charge in [-0.3, -0.25) is 0 Å². The van der Waals surface area contributed by atoms with E-state index in [0.29, 0.717) is 12.5 Å². The largest absolute Gasteiger partial charge is 0.359 e. The van der Waals surface area contributed by atoms with Crippen molar-refractivity contribution in [2.75, 3.05) is 45.2 Å². The van der Waals surface area contributed by atoms with Crippen molar-refractivity contribution >= 4 is 5.82 Å². The second kappa shape index (κ2) is 6.99. The van der Waals surface area contributed by atoms with Crippen LogP contribution in [0.15, 0.2) is 12.3 Å². The second-order valence-electron chi connectivity index (χ2n) is 5.71. The highest BCUT2D eigenvalue weighted by Crippen LogP contribution is 2.21. The summed E-state index contributed by atoms with van der Waals surface area (Å²) in [5, 5.41) is 3.25. The lowest BCUT2D eigenvalue weighted by Gasteiger charge is -2.24. The van der Waals surface area contributed by atoms with Crippen molar-refractivity contribution in [2.24, 2.45) is 5.92 Å². The fourth-order valence-electron chi connectivity index (χ4n) is 2.86. The number of likely N-dealkylation sites (tertiary alicyclic amines) is 1. The Labute approximate surface area is 121 Å². The molecular formula is C15H25FN4. The molecule has 5 heteroatoms. The lowest BCUT2D eigenvalue weighted by Crippen LogP contribution is -2.29. The Morgan fingerprint density at radius 2 is 2.35 bits per heavy atom. The number of hydrogen-bond donors (Lipinski definition) is 1. The van der Waals surface area contributed by atoms with E-state index >= 15 is 0 Å². The molecule has 1 aliphatic rings. The van der Waals surface area contributed by atoms with Crippen molar-refractivity contribution in [3.8, 4) is 0 Å². The molecule has 1 saturated heterocycles. The summed E-state index contributed by atoms with van der Waals surface area (Å²) in [7, 11) is 4.21. The summed E-state index contributed by atoms with van der Waals surface area (Å²) in [4.78, 5) is 8.81. The summed E-state index contributed by atoms with van der Waals surface area (Å²) in [6, 6.07) is 1.59. The van der Waals surface area contributed by atoms with Crippen LogP contribution in [0.25, 0.3) is 0 Å². The Morgan fingerprint density at radius 3 is 3.00 bits per heavy atom. The van der Waals surface area contributed by atoms with E-state index in [2.05, 4.69) is 27.1 Å². The number of nitrogens with zero attached hydrogens (tertiary/aromatic N) is 3. The van der Waals surface area contributed by atoms with Crippen LogP contribution in [-0.2, 0) is 6.54 Å². The Balaban J connectivity index is 2.05. The zero-order chi connectivity index (χ0) is 14.5. The summed E-state index contributed by atoms with van der Waals surface area (Å²) in [5.74, 6) is 1.29. The average Bonchev–Trinajstić information content (AvgIpc) is 2.81. The van der Waals surface area contributed by atoms with Gasteiger partial charge in [0.05, 0.1) is 6.20 Å². The van der Waals surface area contributed by atoms with Gasteiger partial charge < -0.3 is 15.1 Å². The summed E-state index contributed by atoms with van der Waals surface area (Å²) >= 11 is 0. The van der Waals surface area contributed by atoms with Gasteiger partial charge in [0.15, 0.2) is 0 Å². The maximum Gasteiger partial charge on any atom is 0.141 e. The van der Waals surface area contributed by atoms with Crippen molar-refractivity contribution in [3.05, 3.63) is 23.6 Å². The number of aromatic nitrogens is 1. The molecule has 1 fully saturated rings. The first-order chi connectivity index (χ1) is 9.60. The zero-order valence-corrected chi connectivity index (χ0v) is 12.7. The van der Waals surface area contributed by atoms with E-state index in [1.807, 2.05) is 14.0 Å². The fourth-order valence-corrected chi connectivity index (χ4v) is 2.86. The molecule has 0 bridgehead atoms. The first-order valence-electron chi connectivity index (χ1n) is 7.35. The van der Waals surface area contributed by atoms with Crippen molar-refractivity contribution in [2.45, 2.75) is 19.9 Å². The molecule has 4 nitrogen and oxygen atoms in total. The van der Waals surface area contributed by atoms with Gasteiger partial charge in [-0.05, 0) is 38.5 Å². The topological polar surface area (TPSA) is 31.4 Å². The van der Waals surface area contributed by atoms with E-state index in [1.54, 1.807) is 6.07 Å². The minimum atomic E-state index is -0.268. The Hall–Kier alpha value is -1.20. The van der Waals surface area contributed by atoms with Crippen molar-refractivity contribution in [1.29, 1.82) is 0 Å². The average molecular weight is 280 g/mol. The minimum Gasteiger partial charge on any atom is -0.359 e. The van der Waals surface area contributed by atoms with E-state index in [4.69, 9.17) is 0 Å². The van der Waals surface area contributed by atoms with Crippen LogP contribution >= 0.6 is 0 Å². The molecule has 1 aliphatic heterocycles. The maximum absolute atomic E-state index is 13.4. The Morgan fingerprint density at radius 1 is 1.55 bits per heavy atom. The number of nitrogens with one attached hydrogen (secondary N) is 1. The molecule has 2 heterocycles. The molecule has 0 aliphatic carbocycles. The smallest absolute Gasteiger partial charge is 0.141 e. The number of rotatable bonds is 6. The van der Waals surface area contributed by atoms with Crippen LogP contribution in [0.3, 0.4) is 0 Å². The molecule has 1 aromatic rings. The molecule has 1 N–H and O–H groups in total. The van der Waals surface area contributed by atoms with E-state index in [9.17, 15) is 4.39 Å². The minimum absolute atomic E-state index is 0.268. The molecule has 20 heavy (non-hydrogen) atoms. The first kappa shape index (κ1) is 15.2. The summed E-state index contributed by atoms with van der Waals surface area (Å²) < 4.78 is 13.4. The maximum atomic E-state index is 13.4. The van der Waals surface area contributed by atoms with Gasteiger partial charge >= 0.3 is 0 Å². The van der Waals surface area contributed by atoms with Crippen LogP contribution in [0.2, 0.25) is 0 Å². The Kier molecular flexibility index (Phi) is 5.31. The van der Waals surface area contributed by atoms with Crippen LogP contribution < -0.4 is 10.2 Å². The Bertz CT molecular complexity index is 438. The molecular weight excluding hydrogens is 255 g/mol. The van der Waals surface area contributed by atoms with E-state index in [0.717, 1.165) is 31.0 Å². The van der Waals surface area contributed by atoms with Crippen molar-refractivity contribution < 1.29 is 4.39 Å². The highest BCUT2D eigenvalue weighted by atomic mass is 19.1. The summed E-state index contributed by atoms with van der Waals surface area (Å²) in [6.07, 6.45) is 2.53. The van der Waals surface area contributed by atoms with Gasteiger partial charge in [-0.2, -0.15) is 0 Å². The third kappa shape index (κ3) is 3.90. The van der Waals surface area contributed by atoms with Crippen LogP contribution in [0.1, 0.15) is 18.9 Å². The molecule has 0 aromatic carbocycles. The molecule has 1 atom stereocenters. The van der Waals surface area contributed by atoms with Crippen LogP contribution in [0.4, 0.5) is 10.2 Å². The van der Waals surface area contributed by atoms with Crippen molar-refractivity contribution in [1.82, 2.24) is 15.2 Å². The molecule has 0 amide bonds. The summed E-state index contributed by atoms with van der Waals surface area (Å²) in [5.41, 5.74) is 0.931. The number of hydrogen-bond acceptors (Lipinski definition) is 4. The number of anilines is 1. The van der Waals surface area contributed by atoms with E-state index in [1.165, 1.54) is 19.2 Å². The standard InChI is InChI=1S/C15H25FN4/c1-4-17-8-13-7-14(16)9-18-15(13)20(3)11-12-5-6-19(2)10-12/h7,9,12,17H,4-6,8,10-11H2,1-3H3. The van der Waals surface area contributed by atoms with Crippen LogP contribution in [-0.4, -0.2) is 50.2 Å². The van der Waals surface area contributed by atoms with Gasteiger partial charge in [-0.15, -0.1) is 0 Å². The van der Waals surface area contributed by atoms with E-state index < -0.39 is 0 Å². The molecule has 1 unspecified atom stereocenters. The normalized spacial score (nSPS) is 19.5. The predicted molar refractivity (Wildman–Crippen MR) is 80.4 cm³/mol. The predicted octanol–water partition coefficient (Wildman–Crippen LogP) is 1.72.